The Morgan fingerprint density at radius 2 is 1.85 bits per heavy atom. The number of imidazole rings is 1. The number of nitrogens with two attached hydrogens (primary N) is 1. The lowest BCUT2D eigenvalue weighted by Crippen LogP contribution is -2.06. The predicted octanol–water partition coefficient (Wildman–Crippen LogP) is 2.87. The van der Waals surface area contributed by atoms with Crippen LogP contribution in [0.4, 0.5) is 5.95 Å². The molecule has 0 radical (unpaired) electrons. The van der Waals surface area contributed by atoms with Crippen LogP contribution < -0.4 is 10.5 Å². The number of aromatic nitrogens is 2. The van der Waals surface area contributed by atoms with E-state index in [1.54, 1.807) is 7.11 Å². The van der Waals surface area contributed by atoms with Crippen molar-refractivity contribution in [2.75, 3.05) is 12.8 Å². The van der Waals surface area contributed by atoms with Crippen LogP contribution in [0.25, 0.3) is 11.0 Å². The molecule has 3 rings (SSSR count). The standard InChI is InChI=1S/C16H17N3O/c1-20-15-9-5-2-6-12(15)10-11-19-14-8-4-3-7-13(14)18-16(19)17/h2-9H,10-11H2,1H3,(H2,17,18). The molecule has 4 nitrogen and oxygen atoms in total. The average molecular weight is 267 g/mol. The second-order valence-electron chi connectivity index (χ2n) is 4.67. The topological polar surface area (TPSA) is 53.1 Å². The fourth-order valence-electron chi connectivity index (χ4n) is 2.47. The van der Waals surface area contributed by atoms with Crippen molar-refractivity contribution in [3.8, 4) is 5.75 Å². The number of nitrogens with zero attached hydrogens (tertiary/aromatic N) is 2. The first-order valence-corrected chi connectivity index (χ1v) is 6.62. The molecule has 0 amide bonds. The number of nitrogen functional groups attached to an aromatic ring is 1. The number of hydrogen-bond donors (Lipinski definition) is 1. The molecule has 3 aromatic rings. The molecule has 102 valence electrons. The molecule has 0 atom stereocenters. The van der Waals surface area contributed by atoms with Crippen LogP contribution in [-0.2, 0) is 13.0 Å². The minimum Gasteiger partial charge on any atom is -0.496 e. The number of anilines is 1. The third kappa shape index (κ3) is 2.20. The molecule has 2 aromatic carbocycles. The first kappa shape index (κ1) is 12.5. The zero-order valence-electron chi connectivity index (χ0n) is 11.4. The van der Waals surface area contributed by atoms with E-state index in [2.05, 4.69) is 11.1 Å². The minimum absolute atomic E-state index is 0.557. The number of aryl methyl sites for hydroxylation is 2. The van der Waals surface area contributed by atoms with Crippen LogP contribution in [0.15, 0.2) is 48.5 Å². The lowest BCUT2D eigenvalue weighted by Gasteiger charge is -2.10. The SMILES string of the molecule is COc1ccccc1CCn1c(N)nc2ccccc21. The van der Waals surface area contributed by atoms with E-state index in [1.165, 1.54) is 5.56 Å². The van der Waals surface area contributed by atoms with Gasteiger partial charge in [0.2, 0.25) is 5.95 Å². The summed E-state index contributed by atoms with van der Waals surface area (Å²) >= 11 is 0. The van der Waals surface area contributed by atoms with Gasteiger partial charge < -0.3 is 15.0 Å². The summed E-state index contributed by atoms with van der Waals surface area (Å²) in [6.45, 7) is 0.784. The van der Waals surface area contributed by atoms with E-state index in [0.717, 1.165) is 29.7 Å². The molecular weight excluding hydrogens is 250 g/mol. The van der Waals surface area contributed by atoms with Crippen LogP contribution in [0.5, 0.6) is 5.75 Å². The summed E-state index contributed by atoms with van der Waals surface area (Å²) in [4.78, 5) is 4.38. The summed E-state index contributed by atoms with van der Waals surface area (Å²) in [5, 5.41) is 0. The molecule has 4 heteroatoms. The van der Waals surface area contributed by atoms with E-state index < -0.39 is 0 Å². The maximum atomic E-state index is 6.01. The Balaban J connectivity index is 1.89. The second-order valence-corrected chi connectivity index (χ2v) is 4.67. The van der Waals surface area contributed by atoms with Crippen LogP contribution in [0, 0.1) is 0 Å². The number of benzene rings is 2. The normalized spacial score (nSPS) is 10.8. The Kier molecular flexibility index (Phi) is 3.29. The molecule has 0 fully saturated rings. The molecule has 0 aliphatic heterocycles. The van der Waals surface area contributed by atoms with Crippen LogP contribution >= 0.6 is 0 Å². The summed E-state index contributed by atoms with van der Waals surface area (Å²) in [5.74, 6) is 1.47. The van der Waals surface area contributed by atoms with Crippen LogP contribution in [0.1, 0.15) is 5.56 Å². The number of rotatable bonds is 4. The highest BCUT2D eigenvalue weighted by molar-refractivity contribution is 5.78. The molecule has 0 aliphatic rings. The zero-order valence-corrected chi connectivity index (χ0v) is 11.4. The Morgan fingerprint density at radius 1 is 1.10 bits per heavy atom. The van der Waals surface area contributed by atoms with Crippen molar-refractivity contribution in [2.24, 2.45) is 0 Å². The van der Waals surface area contributed by atoms with Gasteiger partial charge in [0.1, 0.15) is 5.75 Å². The van der Waals surface area contributed by atoms with E-state index in [4.69, 9.17) is 10.5 Å². The van der Waals surface area contributed by atoms with Gasteiger partial charge in [0.05, 0.1) is 18.1 Å². The lowest BCUT2D eigenvalue weighted by atomic mass is 10.1. The van der Waals surface area contributed by atoms with Crippen molar-refractivity contribution in [3.05, 3.63) is 54.1 Å². The van der Waals surface area contributed by atoms with E-state index in [1.807, 2.05) is 47.0 Å². The Hall–Kier alpha value is -2.49. The Morgan fingerprint density at radius 3 is 2.70 bits per heavy atom. The van der Waals surface area contributed by atoms with E-state index in [-0.39, 0.29) is 0 Å². The van der Waals surface area contributed by atoms with Crippen molar-refractivity contribution in [1.29, 1.82) is 0 Å². The van der Waals surface area contributed by atoms with E-state index in [9.17, 15) is 0 Å². The van der Waals surface area contributed by atoms with Gasteiger partial charge in [-0.1, -0.05) is 30.3 Å². The molecule has 0 aliphatic carbocycles. The summed E-state index contributed by atoms with van der Waals surface area (Å²) in [6, 6.07) is 16.0. The van der Waals surface area contributed by atoms with Crippen molar-refractivity contribution in [2.45, 2.75) is 13.0 Å². The summed E-state index contributed by atoms with van der Waals surface area (Å²) in [5.41, 5.74) is 9.19. The van der Waals surface area contributed by atoms with Crippen molar-refractivity contribution in [3.63, 3.8) is 0 Å². The quantitative estimate of drug-likeness (QED) is 0.790. The predicted molar refractivity (Wildman–Crippen MR) is 80.8 cm³/mol. The van der Waals surface area contributed by atoms with Crippen molar-refractivity contribution < 1.29 is 4.74 Å². The highest BCUT2D eigenvalue weighted by Crippen LogP contribution is 2.21. The second kappa shape index (κ2) is 5.25. The third-order valence-corrected chi connectivity index (χ3v) is 3.48. The fourth-order valence-corrected chi connectivity index (χ4v) is 2.47. The third-order valence-electron chi connectivity index (χ3n) is 3.48. The first-order valence-electron chi connectivity index (χ1n) is 6.62. The number of hydrogen-bond acceptors (Lipinski definition) is 3. The van der Waals surface area contributed by atoms with Gasteiger partial charge in [-0.3, -0.25) is 0 Å². The lowest BCUT2D eigenvalue weighted by molar-refractivity contribution is 0.408. The molecule has 0 saturated heterocycles. The molecule has 2 N–H and O–H groups in total. The summed E-state index contributed by atoms with van der Waals surface area (Å²) in [6.07, 6.45) is 0.856. The largest absolute Gasteiger partial charge is 0.496 e. The number of para-hydroxylation sites is 3. The maximum Gasteiger partial charge on any atom is 0.201 e. The Labute approximate surface area is 117 Å². The van der Waals surface area contributed by atoms with Gasteiger partial charge in [-0.15, -0.1) is 0 Å². The minimum atomic E-state index is 0.557. The maximum absolute atomic E-state index is 6.01. The summed E-state index contributed by atoms with van der Waals surface area (Å²) < 4.78 is 7.42. The molecule has 1 heterocycles. The number of ether oxygens (including phenoxy) is 1. The van der Waals surface area contributed by atoms with Crippen molar-refractivity contribution in [1.82, 2.24) is 9.55 Å². The highest BCUT2D eigenvalue weighted by atomic mass is 16.5. The monoisotopic (exact) mass is 267 g/mol. The smallest absolute Gasteiger partial charge is 0.201 e. The van der Waals surface area contributed by atoms with E-state index in [0.29, 0.717) is 5.95 Å². The number of methoxy groups -OCH3 is 1. The average Bonchev–Trinajstić information content (AvgIpc) is 2.81. The molecule has 0 bridgehead atoms. The molecule has 0 saturated carbocycles. The molecule has 0 unspecified atom stereocenters. The van der Waals surface area contributed by atoms with Gasteiger partial charge in [-0.2, -0.15) is 0 Å². The van der Waals surface area contributed by atoms with Crippen molar-refractivity contribution >= 4 is 17.0 Å². The van der Waals surface area contributed by atoms with Gasteiger partial charge in [0.15, 0.2) is 0 Å². The van der Waals surface area contributed by atoms with Gasteiger partial charge in [0.25, 0.3) is 0 Å². The highest BCUT2D eigenvalue weighted by Gasteiger charge is 2.08. The molecule has 0 spiro atoms. The van der Waals surface area contributed by atoms with Crippen LogP contribution in [0.3, 0.4) is 0 Å². The van der Waals surface area contributed by atoms with Crippen LogP contribution in [0.2, 0.25) is 0 Å². The molecular formula is C16H17N3O. The first-order chi connectivity index (χ1) is 9.79. The zero-order chi connectivity index (χ0) is 13.9. The van der Waals surface area contributed by atoms with Gasteiger partial charge in [-0.25, -0.2) is 4.98 Å². The van der Waals surface area contributed by atoms with Gasteiger partial charge in [-0.05, 0) is 30.2 Å². The summed E-state index contributed by atoms with van der Waals surface area (Å²) in [7, 11) is 1.69. The molecule has 20 heavy (non-hydrogen) atoms. The number of fused-ring (bicyclic) bond motifs is 1. The fraction of sp³-hybridized carbons (Fsp3) is 0.188. The van der Waals surface area contributed by atoms with E-state index >= 15 is 0 Å². The van der Waals surface area contributed by atoms with Gasteiger partial charge >= 0.3 is 0 Å². The van der Waals surface area contributed by atoms with Crippen LogP contribution in [-0.4, -0.2) is 16.7 Å². The molecule has 1 aromatic heterocycles. The van der Waals surface area contributed by atoms with Gasteiger partial charge in [0, 0.05) is 6.54 Å². The Bertz CT molecular complexity index is 733.